The number of carbonyl (C=O) groups excluding carboxylic acids is 1. The Balaban J connectivity index is 1.84. The van der Waals surface area contributed by atoms with Gasteiger partial charge in [0.2, 0.25) is 5.67 Å². The van der Waals surface area contributed by atoms with Crippen LogP contribution in [0.15, 0.2) is 37.0 Å². The molecule has 0 aliphatic heterocycles. The summed E-state index contributed by atoms with van der Waals surface area (Å²) >= 11 is 5.72. The zero-order chi connectivity index (χ0) is 18.2. The fourth-order valence-corrected chi connectivity index (χ4v) is 3.06. The maximum Gasteiger partial charge on any atom is 0.262 e. The third kappa shape index (κ3) is 3.02. The molecule has 0 unspecified atom stereocenters. The Morgan fingerprint density at radius 2 is 2.12 bits per heavy atom. The summed E-state index contributed by atoms with van der Waals surface area (Å²) in [6.45, 7) is 3.62. The van der Waals surface area contributed by atoms with Crippen molar-refractivity contribution < 1.29 is 18.0 Å². The van der Waals surface area contributed by atoms with Crippen LogP contribution in [0, 0.1) is 11.6 Å². The number of allylic oxidation sites excluding steroid dienone is 1. The van der Waals surface area contributed by atoms with Gasteiger partial charge in [-0.1, -0.05) is 30.3 Å². The lowest BCUT2D eigenvalue weighted by Gasteiger charge is -2.31. The van der Waals surface area contributed by atoms with E-state index in [1.165, 1.54) is 18.3 Å². The van der Waals surface area contributed by atoms with Crippen LogP contribution in [-0.2, 0) is 17.0 Å². The molecule has 0 radical (unpaired) electrons. The molecule has 1 amide bonds. The molecule has 1 heterocycles. The summed E-state index contributed by atoms with van der Waals surface area (Å²) in [7, 11) is 0. The summed E-state index contributed by atoms with van der Waals surface area (Å²) in [5.41, 5.74) is -0.919. The van der Waals surface area contributed by atoms with Gasteiger partial charge in [-0.05, 0) is 36.1 Å². The maximum atomic E-state index is 15.4. The lowest BCUT2D eigenvalue weighted by Crippen LogP contribution is -2.43. The molecular formula is C18H14ClF3N2O. The molecule has 1 aromatic heterocycles. The van der Waals surface area contributed by atoms with E-state index in [0.29, 0.717) is 17.7 Å². The predicted octanol–water partition coefficient (Wildman–Crippen LogP) is 4.30. The molecule has 0 saturated carbocycles. The van der Waals surface area contributed by atoms with Crippen LogP contribution in [0.5, 0.6) is 0 Å². The van der Waals surface area contributed by atoms with Crippen LogP contribution >= 0.6 is 11.6 Å². The van der Waals surface area contributed by atoms with Crippen molar-refractivity contribution in [1.29, 1.82) is 0 Å². The number of nitrogens with zero attached hydrogens (tertiary/aromatic N) is 1. The number of rotatable bonds is 3. The van der Waals surface area contributed by atoms with Gasteiger partial charge in [-0.3, -0.25) is 9.78 Å². The number of benzene rings is 1. The van der Waals surface area contributed by atoms with Crippen molar-refractivity contribution in [3.63, 3.8) is 0 Å². The number of amides is 1. The summed E-state index contributed by atoms with van der Waals surface area (Å²) in [6, 6.07) is 5.18. The van der Waals surface area contributed by atoms with E-state index >= 15 is 4.39 Å². The third-order valence-electron chi connectivity index (χ3n) is 4.26. The molecule has 0 bridgehead atoms. The molecule has 130 valence electrons. The van der Waals surface area contributed by atoms with Crippen LogP contribution in [0.3, 0.4) is 0 Å². The van der Waals surface area contributed by atoms with Gasteiger partial charge < -0.3 is 5.32 Å². The van der Waals surface area contributed by atoms with Gasteiger partial charge in [0.05, 0.1) is 10.7 Å². The second-order valence-corrected chi connectivity index (χ2v) is 6.20. The molecule has 7 heteroatoms. The second-order valence-electron chi connectivity index (χ2n) is 5.82. The highest BCUT2D eigenvalue weighted by Crippen LogP contribution is 2.42. The maximum absolute atomic E-state index is 15.4. The lowest BCUT2D eigenvalue weighted by atomic mass is 9.80. The zero-order valence-electron chi connectivity index (χ0n) is 13.1. The first kappa shape index (κ1) is 17.5. The minimum atomic E-state index is -2.27. The number of pyridine rings is 1. The summed E-state index contributed by atoms with van der Waals surface area (Å²) in [5, 5.41) is 1.97. The predicted molar refractivity (Wildman–Crippen MR) is 88.5 cm³/mol. The Labute approximate surface area is 147 Å². The Morgan fingerprint density at radius 1 is 1.36 bits per heavy atom. The first-order valence-electron chi connectivity index (χ1n) is 7.58. The van der Waals surface area contributed by atoms with Crippen LogP contribution < -0.4 is 5.32 Å². The second kappa shape index (κ2) is 6.52. The van der Waals surface area contributed by atoms with Crippen molar-refractivity contribution in [3.8, 4) is 0 Å². The van der Waals surface area contributed by atoms with Gasteiger partial charge in [0.1, 0.15) is 0 Å². The third-order valence-corrected chi connectivity index (χ3v) is 4.66. The standard InChI is InChI=1S/C18H14ClF3N2O/c1-10-6-7-18(22,12-3-2-8-23-16(10)12)17(25)24-9-11-4-5-13(20)15(21)14(11)19/h2-5,8H,1,6-7,9H2,(H,24,25)/t18-/m0/s1. The number of nitrogens with one attached hydrogen (secondary N) is 1. The van der Waals surface area contributed by atoms with Crippen LogP contribution in [0.1, 0.15) is 29.7 Å². The average Bonchev–Trinajstić information content (AvgIpc) is 2.62. The topological polar surface area (TPSA) is 42.0 Å². The molecular weight excluding hydrogens is 353 g/mol. The Hall–Kier alpha value is -2.34. The summed E-state index contributed by atoms with van der Waals surface area (Å²) in [4.78, 5) is 16.6. The minimum absolute atomic E-state index is 0.0676. The van der Waals surface area contributed by atoms with Crippen molar-refractivity contribution in [2.24, 2.45) is 0 Å². The average molecular weight is 367 g/mol. The van der Waals surface area contributed by atoms with E-state index in [1.54, 1.807) is 6.07 Å². The van der Waals surface area contributed by atoms with Crippen molar-refractivity contribution in [2.45, 2.75) is 25.1 Å². The molecule has 1 N–H and O–H groups in total. The first-order chi connectivity index (χ1) is 11.8. The number of aromatic nitrogens is 1. The van der Waals surface area contributed by atoms with E-state index in [-0.39, 0.29) is 24.1 Å². The van der Waals surface area contributed by atoms with Crippen LogP contribution in [0.2, 0.25) is 5.02 Å². The summed E-state index contributed by atoms with van der Waals surface area (Å²) in [5.74, 6) is -3.17. The number of alkyl halides is 1. The van der Waals surface area contributed by atoms with E-state index in [2.05, 4.69) is 16.9 Å². The minimum Gasteiger partial charge on any atom is -0.349 e. The molecule has 1 atom stereocenters. The first-order valence-corrected chi connectivity index (χ1v) is 7.95. The molecule has 0 spiro atoms. The number of hydrogen-bond acceptors (Lipinski definition) is 2. The fourth-order valence-electron chi connectivity index (χ4n) is 2.84. The van der Waals surface area contributed by atoms with Crippen LogP contribution in [0.4, 0.5) is 13.2 Å². The normalized spacial score (nSPS) is 19.4. The van der Waals surface area contributed by atoms with Gasteiger partial charge in [-0.25, -0.2) is 13.2 Å². The largest absolute Gasteiger partial charge is 0.349 e. The molecule has 3 nitrogen and oxygen atoms in total. The van der Waals surface area contributed by atoms with Crippen molar-refractivity contribution >= 4 is 23.1 Å². The Morgan fingerprint density at radius 3 is 2.88 bits per heavy atom. The van der Waals surface area contributed by atoms with Crippen molar-refractivity contribution in [3.05, 3.63) is 70.5 Å². The van der Waals surface area contributed by atoms with Gasteiger partial charge in [-0.15, -0.1) is 0 Å². The number of fused-ring (bicyclic) bond motifs is 1. The van der Waals surface area contributed by atoms with Gasteiger partial charge in [0, 0.05) is 18.3 Å². The fraction of sp³-hybridized carbons (Fsp3) is 0.222. The quantitative estimate of drug-likeness (QED) is 0.823. The monoisotopic (exact) mass is 366 g/mol. The Bertz CT molecular complexity index is 871. The lowest BCUT2D eigenvalue weighted by molar-refractivity contribution is -0.134. The zero-order valence-corrected chi connectivity index (χ0v) is 13.8. The van der Waals surface area contributed by atoms with Crippen molar-refractivity contribution in [2.75, 3.05) is 0 Å². The summed E-state index contributed by atoms with van der Waals surface area (Å²) in [6.07, 6.45) is 1.73. The smallest absolute Gasteiger partial charge is 0.262 e. The van der Waals surface area contributed by atoms with E-state index < -0.39 is 28.2 Å². The molecule has 1 aliphatic carbocycles. The van der Waals surface area contributed by atoms with Crippen LogP contribution in [-0.4, -0.2) is 10.9 Å². The van der Waals surface area contributed by atoms with Crippen LogP contribution in [0.25, 0.3) is 5.57 Å². The van der Waals surface area contributed by atoms with Crippen molar-refractivity contribution in [1.82, 2.24) is 10.3 Å². The Kier molecular flexibility index (Phi) is 4.56. The molecule has 2 aromatic rings. The van der Waals surface area contributed by atoms with Gasteiger partial charge >= 0.3 is 0 Å². The molecule has 3 rings (SSSR count). The molecule has 0 saturated heterocycles. The molecule has 1 aromatic carbocycles. The highest BCUT2D eigenvalue weighted by atomic mass is 35.5. The van der Waals surface area contributed by atoms with Gasteiger partial charge in [0.15, 0.2) is 11.6 Å². The van der Waals surface area contributed by atoms with Gasteiger partial charge in [0.25, 0.3) is 5.91 Å². The molecule has 25 heavy (non-hydrogen) atoms. The number of hydrogen-bond donors (Lipinski definition) is 1. The molecule has 0 fully saturated rings. The highest BCUT2D eigenvalue weighted by molar-refractivity contribution is 6.31. The number of halogens is 4. The van der Waals surface area contributed by atoms with E-state index in [4.69, 9.17) is 11.6 Å². The van der Waals surface area contributed by atoms with E-state index in [9.17, 15) is 13.6 Å². The van der Waals surface area contributed by atoms with Gasteiger partial charge in [-0.2, -0.15) is 0 Å². The SMILES string of the molecule is C=C1CC[C@@](F)(C(=O)NCc2ccc(F)c(F)c2Cl)c2cccnc21. The number of carbonyl (C=O) groups is 1. The van der Waals surface area contributed by atoms with E-state index in [1.807, 2.05) is 0 Å². The highest BCUT2D eigenvalue weighted by Gasteiger charge is 2.45. The van der Waals surface area contributed by atoms with E-state index in [0.717, 1.165) is 6.07 Å². The molecule has 1 aliphatic rings. The summed E-state index contributed by atoms with van der Waals surface area (Å²) < 4.78 is 42.0.